The Balaban J connectivity index is 1.29. The maximum Gasteiger partial charge on any atom is 0.241 e. The molecular formula is C28H29Br2N3O. The highest BCUT2D eigenvalue weighted by atomic mass is 79.9. The summed E-state index contributed by atoms with van der Waals surface area (Å²) in [7, 11) is 0. The van der Waals surface area contributed by atoms with Crippen LogP contribution in [0.4, 0.5) is 0 Å². The van der Waals surface area contributed by atoms with Gasteiger partial charge in [0.25, 0.3) is 0 Å². The van der Waals surface area contributed by atoms with E-state index in [1.54, 1.807) is 0 Å². The number of halogens is 2. The van der Waals surface area contributed by atoms with Gasteiger partial charge in [-0.3, -0.25) is 14.6 Å². The molecule has 0 atom stereocenters. The second kappa shape index (κ2) is 10.3. The molecule has 1 amide bonds. The Hall–Kier alpha value is -1.99. The number of piperazine rings is 1. The summed E-state index contributed by atoms with van der Waals surface area (Å²) < 4.78 is 2.16. The van der Waals surface area contributed by atoms with Crippen LogP contribution in [0.3, 0.4) is 0 Å². The quantitative estimate of drug-likeness (QED) is 0.435. The van der Waals surface area contributed by atoms with Gasteiger partial charge in [-0.1, -0.05) is 80.4 Å². The molecule has 4 nitrogen and oxygen atoms in total. The van der Waals surface area contributed by atoms with E-state index in [9.17, 15) is 4.79 Å². The molecule has 0 spiro atoms. The number of fused-ring (bicyclic) bond motifs is 1. The number of carbonyl (C=O) groups is 1. The van der Waals surface area contributed by atoms with Gasteiger partial charge in [0.2, 0.25) is 5.91 Å². The highest BCUT2D eigenvalue weighted by Crippen LogP contribution is 2.36. The molecule has 3 aromatic carbocycles. The lowest BCUT2D eigenvalue weighted by molar-refractivity contribution is -0.135. The van der Waals surface area contributed by atoms with Crippen LogP contribution in [-0.2, 0) is 30.7 Å². The molecule has 3 aromatic rings. The van der Waals surface area contributed by atoms with Crippen molar-refractivity contribution in [2.45, 2.75) is 31.5 Å². The number of hydrogen-bond donors (Lipinski definition) is 1. The van der Waals surface area contributed by atoms with Gasteiger partial charge < -0.3 is 5.32 Å². The lowest BCUT2D eigenvalue weighted by atomic mass is 9.90. The van der Waals surface area contributed by atoms with Gasteiger partial charge >= 0.3 is 0 Å². The summed E-state index contributed by atoms with van der Waals surface area (Å²) in [4.78, 5) is 18.7. The molecule has 5 rings (SSSR count). The van der Waals surface area contributed by atoms with Gasteiger partial charge in [0.15, 0.2) is 0 Å². The van der Waals surface area contributed by atoms with Gasteiger partial charge in [-0.25, -0.2) is 0 Å². The Bertz CT molecular complexity index is 1110. The van der Waals surface area contributed by atoms with Crippen LogP contribution in [0.25, 0.3) is 0 Å². The Kier molecular flexibility index (Phi) is 7.21. The zero-order valence-electron chi connectivity index (χ0n) is 19.1. The molecular weight excluding hydrogens is 554 g/mol. The van der Waals surface area contributed by atoms with Crippen LogP contribution in [0.2, 0.25) is 0 Å². The summed E-state index contributed by atoms with van der Waals surface area (Å²) in [5, 5.41) is 3.28. The Morgan fingerprint density at radius 2 is 1.29 bits per heavy atom. The van der Waals surface area contributed by atoms with E-state index in [0.29, 0.717) is 6.54 Å². The molecule has 1 fully saturated rings. The Morgan fingerprint density at radius 3 is 1.85 bits per heavy atom. The van der Waals surface area contributed by atoms with Crippen LogP contribution in [0, 0.1) is 0 Å². The largest absolute Gasteiger partial charge is 0.350 e. The monoisotopic (exact) mass is 581 g/mol. The van der Waals surface area contributed by atoms with Crippen LogP contribution in [0.5, 0.6) is 0 Å². The first kappa shape index (κ1) is 23.7. The standard InChI is InChI=1S/C28H29Br2N3O/c29-25-9-5-21(6-10-25)19-31-27(34)28(17-23-3-1-2-4-24(23)18-28)33-15-13-32(14-16-33)20-22-7-11-26(30)12-8-22/h1-12H,13-20H2,(H,31,34). The minimum Gasteiger partial charge on any atom is -0.350 e. The molecule has 176 valence electrons. The fourth-order valence-electron chi connectivity index (χ4n) is 5.25. The number of benzene rings is 3. The number of amides is 1. The van der Waals surface area contributed by atoms with Crippen LogP contribution < -0.4 is 5.32 Å². The number of nitrogens with zero attached hydrogens (tertiary/aromatic N) is 2. The van der Waals surface area contributed by atoms with Crippen LogP contribution in [0.1, 0.15) is 22.3 Å². The molecule has 6 heteroatoms. The Labute approximate surface area is 218 Å². The average molecular weight is 583 g/mol. The van der Waals surface area contributed by atoms with Crippen molar-refractivity contribution in [1.82, 2.24) is 15.1 Å². The molecule has 34 heavy (non-hydrogen) atoms. The van der Waals surface area contributed by atoms with E-state index in [2.05, 4.69) is 108 Å². The van der Waals surface area contributed by atoms with E-state index in [4.69, 9.17) is 0 Å². The molecule has 0 radical (unpaired) electrons. The van der Waals surface area contributed by atoms with Gasteiger partial charge in [0, 0.05) is 61.1 Å². The smallest absolute Gasteiger partial charge is 0.241 e. The minimum absolute atomic E-state index is 0.146. The summed E-state index contributed by atoms with van der Waals surface area (Å²) in [6.07, 6.45) is 1.56. The highest BCUT2D eigenvalue weighted by molar-refractivity contribution is 9.10. The third-order valence-corrected chi connectivity index (χ3v) is 8.23. The third kappa shape index (κ3) is 5.15. The molecule has 0 aromatic heterocycles. The van der Waals surface area contributed by atoms with Crippen molar-refractivity contribution in [3.63, 3.8) is 0 Å². The maximum absolute atomic E-state index is 13.8. The first-order valence-electron chi connectivity index (χ1n) is 11.8. The zero-order valence-corrected chi connectivity index (χ0v) is 22.3. The van der Waals surface area contributed by atoms with Crippen molar-refractivity contribution in [2.75, 3.05) is 26.2 Å². The van der Waals surface area contributed by atoms with Crippen LogP contribution in [-0.4, -0.2) is 47.4 Å². The van der Waals surface area contributed by atoms with E-state index < -0.39 is 5.54 Å². The fraction of sp³-hybridized carbons (Fsp3) is 0.321. The fourth-order valence-corrected chi connectivity index (χ4v) is 5.78. The minimum atomic E-state index is -0.511. The predicted octanol–water partition coefficient (Wildman–Crippen LogP) is 5.18. The second-order valence-corrected chi connectivity index (χ2v) is 11.2. The summed E-state index contributed by atoms with van der Waals surface area (Å²) in [6, 6.07) is 25.3. The predicted molar refractivity (Wildman–Crippen MR) is 144 cm³/mol. The molecule has 1 N–H and O–H groups in total. The average Bonchev–Trinajstić information content (AvgIpc) is 3.26. The molecule has 0 unspecified atom stereocenters. The van der Waals surface area contributed by atoms with E-state index in [1.807, 2.05) is 12.1 Å². The van der Waals surface area contributed by atoms with Crippen molar-refractivity contribution in [3.8, 4) is 0 Å². The topological polar surface area (TPSA) is 35.6 Å². The molecule has 1 saturated heterocycles. The van der Waals surface area contributed by atoms with E-state index >= 15 is 0 Å². The summed E-state index contributed by atoms with van der Waals surface area (Å²) in [5.41, 5.74) is 4.54. The Morgan fingerprint density at radius 1 is 0.765 bits per heavy atom. The first-order chi connectivity index (χ1) is 16.5. The van der Waals surface area contributed by atoms with Crippen molar-refractivity contribution >= 4 is 37.8 Å². The van der Waals surface area contributed by atoms with Crippen molar-refractivity contribution in [2.24, 2.45) is 0 Å². The summed E-state index contributed by atoms with van der Waals surface area (Å²) >= 11 is 7.00. The van der Waals surface area contributed by atoms with Crippen molar-refractivity contribution in [1.29, 1.82) is 0 Å². The van der Waals surface area contributed by atoms with E-state index in [1.165, 1.54) is 16.7 Å². The molecule has 1 heterocycles. The lowest BCUT2D eigenvalue weighted by Gasteiger charge is -2.45. The first-order valence-corrected chi connectivity index (χ1v) is 13.4. The van der Waals surface area contributed by atoms with Gasteiger partial charge in [-0.15, -0.1) is 0 Å². The molecule has 1 aliphatic heterocycles. The van der Waals surface area contributed by atoms with Crippen LogP contribution >= 0.6 is 31.9 Å². The van der Waals surface area contributed by atoms with Gasteiger partial charge in [-0.2, -0.15) is 0 Å². The SMILES string of the molecule is O=C(NCc1ccc(Br)cc1)C1(N2CCN(Cc3ccc(Br)cc3)CC2)Cc2ccccc2C1. The maximum atomic E-state index is 13.8. The van der Waals surface area contributed by atoms with E-state index in [-0.39, 0.29) is 5.91 Å². The van der Waals surface area contributed by atoms with Gasteiger partial charge in [-0.05, 0) is 46.5 Å². The second-order valence-electron chi connectivity index (χ2n) is 9.35. The molecule has 1 aliphatic carbocycles. The highest BCUT2D eigenvalue weighted by Gasteiger charge is 2.48. The van der Waals surface area contributed by atoms with Gasteiger partial charge in [0.05, 0.1) is 0 Å². The third-order valence-electron chi connectivity index (χ3n) is 7.17. The summed E-state index contributed by atoms with van der Waals surface area (Å²) in [5.74, 6) is 0.146. The number of hydrogen-bond acceptors (Lipinski definition) is 3. The molecule has 0 saturated carbocycles. The number of rotatable bonds is 6. The van der Waals surface area contributed by atoms with Crippen LogP contribution in [0.15, 0.2) is 81.7 Å². The van der Waals surface area contributed by atoms with Crippen molar-refractivity contribution in [3.05, 3.63) is 104 Å². The normalized spacial score (nSPS) is 17.9. The van der Waals surface area contributed by atoms with E-state index in [0.717, 1.165) is 60.1 Å². The molecule has 0 bridgehead atoms. The molecule has 2 aliphatic rings. The number of nitrogens with one attached hydrogen (secondary N) is 1. The number of carbonyl (C=O) groups excluding carboxylic acids is 1. The zero-order chi connectivity index (χ0) is 23.5. The lowest BCUT2D eigenvalue weighted by Crippen LogP contribution is -2.64. The van der Waals surface area contributed by atoms with Crippen molar-refractivity contribution < 1.29 is 4.79 Å². The summed E-state index contributed by atoms with van der Waals surface area (Å²) in [6.45, 7) is 5.23. The van der Waals surface area contributed by atoms with Gasteiger partial charge in [0.1, 0.15) is 5.54 Å².